The summed E-state index contributed by atoms with van der Waals surface area (Å²) in [5, 5.41) is 0. The molecular formula is C26H22F4N2O5. The maximum Gasteiger partial charge on any atom is 0.461 e. The minimum Gasteiger partial charge on any atom is -0.462 e. The van der Waals surface area contributed by atoms with Crippen LogP contribution in [0, 0.1) is 0 Å². The van der Waals surface area contributed by atoms with Crippen molar-refractivity contribution in [3.8, 4) is 11.5 Å². The molecule has 0 spiro atoms. The second-order valence-corrected chi connectivity index (χ2v) is 7.57. The van der Waals surface area contributed by atoms with E-state index in [0.29, 0.717) is 16.8 Å². The van der Waals surface area contributed by atoms with Crippen molar-refractivity contribution in [2.24, 2.45) is 0 Å². The summed E-state index contributed by atoms with van der Waals surface area (Å²) >= 11 is 0. The molecule has 3 aromatic rings. The number of nitrogens with two attached hydrogens (primary N) is 2. The van der Waals surface area contributed by atoms with Crippen molar-refractivity contribution in [3.05, 3.63) is 83.4 Å². The number of carbonyl (C=O) groups is 2. The lowest BCUT2D eigenvalue weighted by Gasteiger charge is -2.16. The molecule has 3 aromatic carbocycles. The van der Waals surface area contributed by atoms with Crippen LogP contribution in [-0.4, -0.2) is 31.1 Å². The molecule has 0 aliphatic rings. The Morgan fingerprint density at radius 3 is 2.14 bits per heavy atom. The van der Waals surface area contributed by atoms with E-state index >= 15 is 0 Å². The van der Waals surface area contributed by atoms with Gasteiger partial charge in [0, 0.05) is 16.9 Å². The van der Waals surface area contributed by atoms with Gasteiger partial charge in [0.2, 0.25) is 0 Å². The third-order valence-corrected chi connectivity index (χ3v) is 4.86. The predicted octanol–water partition coefficient (Wildman–Crippen LogP) is 5.41. The second-order valence-electron chi connectivity index (χ2n) is 7.57. The van der Waals surface area contributed by atoms with Gasteiger partial charge in [0.25, 0.3) is 0 Å². The second kappa shape index (κ2) is 11.5. The van der Waals surface area contributed by atoms with Gasteiger partial charge in [0.05, 0.1) is 17.7 Å². The molecule has 0 atom stereocenters. The first kappa shape index (κ1) is 27.1. The number of alkyl halides is 4. The Hall–Kier alpha value is -4.54. The first-order valence-corrected chi connectivity index (χ1v) is 10.8. The molecule has 0 heterocycles. The summed E-state index contributed by atoms with van der Waals surface area (Å²) in [5.74, 6) is -1.91. The van der Waals surface area contributed by atoms with Gasteiger partial charge in [-0.1, -0.05) is 12.1 Å². The molecule has 7 nitrogen and oxygen atoms in total. The molecule has 4 N–H and O–H groups in total. The molecule has 0 bridgehead atoms. The number of esters is 2. The molecule has 0 aliphatic heterocycles. The first-order valence-electron chi connectivity index (χ1n) is 10.8. The SMILES string of the molecule is CCOC(=O)C(=Cc1ccc(C(=O)Oc2ccc(OC(F)(F)C(F)F)cc2)cc1)c1ccc(N)cc1N. The number of rotatable bonds is 9. The van der Waals surface area contributed by atoms with Crippen molar-refractivity contribution in [2.75, 3.05) is 18.1 Å². The molecule has 0 fully saturated rings. The average molecular weight is 518 g/mol. The van der Waals surface area contributed by atoms with Gasteiger partial charge < -0.3 is 25.7 Å². The van der Waals surface area contributed by atoms with Crippen molar-refractivity contribution >= 4 is 35.0 Å². The summed E-state index contributed by atoms with van der Waals surface area (Å²) in [5.41, 5.74) is 13.8. The number of anilines is 2. The number of ether oxygens (including phenoxy) is 3. The van der Waals surface area contributed by atoms with Crippen molar-refractivity contribution < 1.29 is 41.4 Å². The molecule has 0 saturated heterocycles. The molecule has 194 valence electrons. The van der Waals surface area contributed by atoms with Gasteiger partial charge in [-0.2, -0.15) is 17.6 Å². The van der Waals surface area contributed by atoms with Crippen LogP contribution >= 0.6 is 0 Å². The highest BCUT2D eigenvalue weighted by Crippen LogP contribution is 2.29. The average Bonchev–Trinajstić information content (AvgIpc) is 2.84. The van der Waals surface area contributed by atoms with Gasteiger partial charge in [0.1, 0.15) is 11.5 Å². The van der Waals surface area contributed by atoms with Crippen molar-refractivity contribution in [2.45, 2.75) is 19.5 Å². The van der Waals surface area contributed by atoms with Crippen molar-refractivity contribution in [1.82, 2.24) is 0 Å². The highest BCUT2D eigenvalue weighted by Gasteiger charge is 2.43. The highest BCUT2D eigenvalue weighted by molar-refractivity contribution is 6.23. The van der Waals surface area contributed by atoms with Crippen LogP contribution in [0.4, 0.5) is 28.9 Å². The minimum absolute atomic E-state index is 0.0230. The molecule has 0 amide bonds. The molecule has 0 radical (unpaired) electrons. The molecule has 0 unspecified atom stereocenters. The number of halogens is 4. The van der Waals surface area contributed by atoms with E-state index in [1.54, 1.807) is 37.3 Å². The van der Waals surface area contributed by atoms with Crippen LogP contribution in [0.15, 0.2) is 66.7 Å². The van der Waals surface area contributed by atoms with Crippen LogP contribution in [0.2, 0.25) is 0 Å². The van der Waals surface area contributed by atoms with E-state index in [-0.39, 0.29) is 29.2 Å². The lowest BCUT2D eigenvalue weighted by molar-refractivity contribution is -0.253. The Bertz CT molecular complexity index is 1290. The summed E-state index contributed by atoms with van der Waals surface area (Å²) in [4.78, 5) is 25.0. The van der Waals surface area contributed by atoms with Crippen LogP contribution in [0.5, 0.6) is 11.5 Å². The predicted molar refractivity (Wildman–Crippen MR) is 129 cm³/mol. The summed E-state index contributed by atoms with van der Waals surface area (Å²) in [7, 11) is 0. The zero-order chi connectivity index (χ0) is 27.2. The largest absolute Gasteiger partial charge is 0.462 e. The van der Waals surface area contributed by atoms with E-state index < -0.39 is 30.2 Å². The molecule has 0 aliphatic carbocycles. The standard InChI is InChI=1S/C26H22F4N2O5/c1-2-35-24(34)21(20-12-7-17(31)14-22(20)32)13-15-3-5-16(6-4-15)23(33)36-18-8-10-19(11-9-18)37-26(29,30)25(27)28/h3-14,25H,2,31-32H2,1H3. The summed E-state index contributed by atoms with van der Waals surface area (Å²) in [6.45, 7) is 1.82. The van der Waals surface area contributed by atoms with E-state index in [4.69, 9.17) is 20.9 Å². The quantitative estimate of drug-likeness (QED) is 0.0972. The number of nitrogen functional groups attached to an aromatic ring is 2. The van der Waals surface area contributed by atoms with Crippen LogP contribution in [0.3, 0.4) is 0 Å². The molecule has 0 aromatic heterocycles. The van der Waals surface area contributed by atoms with Gasteiger partial charge in [-0.3, -0.25) is 0 Å². The lowest BCUT2D eigenvalue weighted by atomic mass is 10.00. The smallest absolute Gasteiger partial charge is 0.461 e. The zero-order valence-corrected chi connectivity index (χ0v) is 19.4. The number of benzene rings is 3. The maximum atomic E-state index is 13.0. The fourth-order valence-electron chi connectivity index (χ4n) is 3.11. The van der Waals surface area contributed by atoms with E-state index in [2.05, 4.69) is 4.74 Å². The Morgan fingerprint density at radius 2 is 1.57 bits per heavy atom. The summed E-state index contributed by atoms with van der Waals surface area (Å²) < 4.78 is 64.7. The summed E-state index contributed by atoms with van der Waals surface area (Å²) in [6, 6.07) is 14.9. The van der Waals surface area contributed by atoms with Gasteiger partial charge in [-0.05, 0) is 73.2 Å². The fourth-order valence-corrected chi connectivity index (χ4v) is 3.11. The summed E-state index contributed by atoms with van der Waals surface area (Å²) in [6.07, 6.45) is -7.11. The molecule has 37 heavy (non-hydrogen) atoms. The number of hydrogen-bond donors (Lipinski definition) is 2. The normalized spacial score (nSPS) is 11.8. The lowest BCUT2D eigenvalue weighted by Crippen LogP contribution is -2.33. The van der Waals surface area contributed by atoms with Crippen LogP contribution < -0.4 is 20.9 Å². The maximum absolute atomic E-state index is 13.0. The zero-order valence-electron chi connectivity index (χ0n) is 19.4. The fraction of sp³-hybridized carbons (Fsp3) is 0.154. The Balaban J connectivity index is 1.75. The van der Waals surface area contributed by atoms with Gasteiger partial charge in [-0.15, -0.1) is 0 Å². The van der Waals surface area contributed by atoms with Crippen molar-refractivity contribution in [3.63, 3.8) is 0 Å². The van der Waals surface area contributed by atoms with Crippen LogP contribution in [-0.2, 0) is 9.53 Å². The Kier molecular flexibility index (Phi) is 8.38. The van der Waals surface area contributed by atoms with Gasteiger partial charge >= 0.3 is 24.5 Å². The molecule has 11 heteroatoms. The number of carbonyl (C=O) groups excluding carboxylic acids is 2. The van der Waals surface area contributed by atoms with Crippen LogP contribution in [0.1, 0.15) is 28.4 Å². The monoisotopic (exact) mass is 518 g/mol. The highest BCUT2D eigenvalue weighted by atomic mass is 19.3. The van der Waals surface area contributed by atoms with Gasteiger partial charge in [0.15, 0.2) is 0 Å². The first-order chi connectivity index (χ1) is 17.5. The van der Waals surface area contributed by atoms with E-state index in [0.717, 1.165) is 24.3 Å². The minimum atomic E-state index is -4.65. The van der Waals surface area contributed by atoms with E-state index in [9.17, 15) is 27.2 Å². The molecule has 3 rings (SSSR count). The van der Waals surface area contributed by atoms with E-state index in [1.807, 2.05) is 0 Å². The Labute approximate surface area is 209 Å². The van der Waals surface area contributed by atoms with Crippen molar-refractivity contribution in [1.29, 1.82) is 0 Å². The van der Waals surface area contributed by atoms with Crippen LogP contribution in [0.25, 0.3) is 11.6 Å². The van der Waals surface area contributed by atoms with E-state index in [1.165, 1.54) is 18.2 Å². The third kappa shape index (κ3) is 7.00. The number of hydrogen-bond acceptors (Lipinski definition) is 7. The third-order valence-electron chi connectivity index (χ3n) is 4.86. The van der Waals surface area contributed by atoms with Gasteiger partial charge in [-0.25, -0.2) is 9.59 Å². The molecular weight excluding hydrogens is 496 g/mol. The Morgan fingerprint density at radius 1 is 0.946 bits per heavy atom. The molecule has 0 saturated carbocycles. The topological polar surface area (TPSA) is 114 Å².